The van der Waals surface area contributed by atoms with Gasteiger partial charge in [0.25, 0.3) is 0 Å². The van der Waals surface area contributed by atoms with Crippen LogP contribution in [0.15, 0.2) is 11.3 Å². The standard InChI is InChI=1S/C16H30N8/c1-3-15-21-20-13-24(15)6-5-18-16(17-4-2)19-11-14-12-22-7-9-23(14)10-8-22/h13-14H,3-12H2,1-2H3,(H2,17,18,19). The molecule has 134 valence electrons. The molecular weight excluding hydrogens is 304 g/mol. The fourth-order valence-corrected chi connectivity index (χ4v) is 3.47. The van der Waals surface area contributed by atoms with Gasteiger partial charge in [-0.15, -0.1) is 10.2 Å². The average Bonchev–Trinajstić information content (AvgIpc) is 3.08. The molecule has 2 bridgehead atoms. The van der Waals surface area contributed by atoms with Crippen molar-refractivity contribution in [3.63, 3.8) is 0 Å². The van der Waals surface area contributed by atoms with Crippen LogP contribution in [0.3, 0.4) is 0 Å². The van der Waals surface area contributed by atoms with E-state index in [9.17, 15) is 0 Å². The molecule has 3 fully saturated rings. The van der Waals surface area contributed by atoms with Crippen LogP contribution in [0.4, 0.5) is 0 Å². The zero-order valence-corrected chi connectivity index (χ0v) is 14.9. The number of aryl methyl sites for hydroxylation is 1. The van der Waals surface area contributed by atoms with Gasteiger partial charge in [-0.05, 0) is 6.92 Å². The number of guanidine groups is 1. The van der Waals surface area contributed by atoms with Crippen LogP contribution in [0.25, 0.3) is 0 Å². The second kappa shape index (κ2) is 8.43. The lowest BCUT2D eigenvalue weighted by Gasteiger charge is -2.47. The first-order chi connectivity index (χ1) is 11.8. The molecule has 0 aromatic carbocycles. The van der Waals surface area contributed by atoms with Crippen molar-refractivity contribution in [1.82, 2.24) is 35.2 Å². The maximum absolute atomic E-state index is 4.80. The van der Waals surface area contributed by atoms with Crippen LogP contribution in [-0.2, 0) is 13.0 Å². The molecule has 4 heterocycles. The van der Waals surface area contributed by atoms with Gasteiger partial charge in [0.15, 0.2) is 5.96 Å². The molecule has 0 spiro atoms. The first-order valence-corrected chi connectivity index (χ1v) is 9.15. The third kappa shape index (κ3) is 4.24. The summed E-state index contributed by atoms with van der Waals surface area (Å²) < 4.78 is 2.09. The summed E-state index contributed by atoms with van der Waals surface area (Å²) in [4.78, 5) is 9.94. The fraction of sp³-hybridized carbons (Fsp3) is 0.812. The molecule has 1 unspecified atom stereocenters. The number of rotatable bonds is 7. The Morgan fingerprint density at radius 1 is 1.25 bits per heavy atom. The first-order valence-electron chi connectivity index (χ1n) is 9.15. The lowest BCUT2D eigenvalue weighted by Crippen LogP contribution is -2.62. The van der Waals surface area contributed by atoms with E-state index in [2.05, 4.69) is 49.0 Å². The zero-order chi connectivity index (χ0) is 16.8. The minimum absolute atomic E-state index is 0.562. The van der Waals surface area contributed by atoms with E-state index in [1.807, 2.05) is 0 Å². The Kier molecular flexibility index (Phi) is 6.03. The molecule has 3 aliphatic heterocycles. The van der Waals surface area contributed by atoms with E-state index in [1.54, 1.807) is 6.33 Å². The average molecular weight is 334 g/mol. The van der Waals surface area contributed by atoms with Crippen LogP contribution in [0.2, 0.25) is 0 Å². The van der Waals surface area contributed by atoms with Gasteiger partial charge in [0.2, 0.25) is 0 Å². The van der Waals surface area contributed by atoms with E-state index < -0.39 is 0 Å². The molecule has 0 amide bonds. The summed E-state index contributed by atoms with van der Waals surface area (Å²) in [5, 5.41) is 14.9. The summed E-state index contributed by atoms with van der Waals surface area (Å²) in [7, 11) is 0. The highest BCUT2D eigenvalue weighted by molar-refractivity contribution is 5.79. The van der Waals surface area contributed by atoms with Crippen molar-refractivity contribution in [2.75, 3.05) is 52.4 Å². The van der Waals surface area contributed by atoms with Gasteiger partial charge in [0.1, 0.15) is 12.2 Å². The van der Waals surface area contributed by atoms with Gasteiger partial charge in [-0.25, -0.2) is 0 Å². The summed E-state index contributed by atoms with van der Waals surface area (Å²) in [6.45, 7) is 13.6. The van der Waals surface area contributed by atoms with Gasteiger partial charge in [-0.2, -0.15) is 0 Å². The van der Waals surface area contributed by atoms with E-state index in [4.69, 9.17) is 4.99 Å². The van der Waals surface area contributed by atoms with Crippen molar-refractivity contribution in [2.45, 2.75) is 32.9 Å². The van der Waals surface area contributed by atoms with Crippen LogP contribution in [0.5, 0.6) is 0 Å². The lowest BCUT2D eigenvalue weighted by molar-refractivity contribution is 0.0174. The summed E-state index contributed by atoms with van der Waals surface area (Å²) >= 11 is 0. The second-order valence-corrected chi connectivity index (χ2v) is 6.43. The Bertz CT molecular complexity index is 532. The zero-order valence-electron chi connectivity index (χ0n) is 14.9. The van der Waals surface area contributed by atoms with Crippen molar-refractivity contribution in [3.05, 3.63) is 12.2 Å². The number of aliphatic imine (C=N–C) groups is 1. The van der Waals surface area contributed by atoms with Crippen LogP contribution < -0.4 is 10.6 Å². The molecule has 1 aromatic heterocycles. The topological polar surface area (TPSA) is 73.6 Å². The van der Waals surface area contributed by atoms with Crippen LogP contribution in [0, 0.1) is 0 Å². The predicted octanol–water partition coefficient (Wildman–Crippen LogP) is -0.605. The monoisotopic (exact) mass is 334 g/mol. The highest BCUT2D eigenvalue weighted by atomic mass is 15.3. The number of fused-ring (bicyclic) bond motifs is 3. The Balaban J connectivity index is 1.48. The SMILES string of the molecule is CCNC(=NCC1CN2CCN1CC2)NCCn1cnnc1CC. The number of aromatic nitrogens is 3. The van der Waals surface area contributed by atoms with Crippen LogP contribution in [-0.4, -0.2) is 88.9 Å². The van der Waals surface area contributed by atoms with Gasteiger partial charge in [0, 0.05) is 64.8 Å². The normalized spacial score (nSPS) is 26.6. The highest BCUT2D eigenvalue weighted by Gasteiger charge is 2.31. The molecule has 0 radical (unpaired) electrons. The molecule has 3 aliphatic rings. The number of piperazine rings is 3. The van der Waals surface area contributed by atoms with Crippen molar-refractivity contribution >= 4 is 5.96 Å². The maximum Gasteiger partial charge on any atom is 0.191 e. The van der Waals surface area contributed by atoms with Crippen molar-refractivity contribution in [1.29, 1.82) is 0 Å². The van der Waals surface area contributed by atoms with Gasteiger partial charge >= 0.3 is 0 Å². The molecule has 8 heteroatoms. The summed E-state index contributed by atoms with van der Waals surface area (Å²) in [6.07, 6.45) is 2.70. The van der Waals surface area contributed by atoms with Gasteiger partial charge < -0.3 is 15.2 Å². The number of hydrogen-bond donors (Lipinski definition) is 2. The molecule has 0 aliphatic carbocycles. The summed E-state index contributed by atoms with van der Waals surface area (Å²) in [6, 6.07) is 0.562. The first kappa shape index (κ1) is 17.2. The maximum atomic E-state index is 4.80. The number of hydrogen-bond acceptors (Lipinski definition) is 5. The smallest absolute Gasteiger partial charge is 0.191 e. The van der Waals surface area contributed by atoms with E-state index in [0.717, 1.165) is 50.9 Å². The van der Waals surface area contributed by atoms with E-state index in [-0.39, 0.29) is 0 Å². The minimum Gasteiger partial charge on any atom is -0.357 e. The Labute approximate surface area is 144 Å². The Morgan fingerprint density at radius 3 is 2.75 bits per heavy atom. The summed E-state index contributed by atoms with van der Waals surface area (Å²) in [5.74, 6) is 1.93. The third-order valence-corrected chi connectivity index (χ3v) is 4.85. The molecule has 1 atom stereocenters. The largest absolute Gasteiger partial charge is 0.357 e. The fourth-order valence-electron chi connectivity index (χ4n) is 3.47. The van der Waals surface area contributed by atoms with E-state index >= 15 is 0 Å². The second-order valence-electron chi connectivity index (χ2n) is 6.43. The molecule has 4 rings (SSSR count). The van der Waals surface area contributed by atoms with E-state index in [1.165, 1.54) is 26.2 Å². The number of nitrogens with zero attached hydrogens (tertiary/aromatic N) is 6. The third-order valence-electron chi connectivity index (χ3n) is 4.85. The highest BCUT2D eigenvalue weighted by Crippen LogP contribution is 2.15. The van der Waals surface area contributed by atoms with E-state index in [0.29, 0.717) is 6.04 Å². The van der Waals surface area contributed by atoms with Crippen LogP contribution in [0.1, 0.15) is 19.7 Å². The van der Waals surface area contributed by atoms with Gasteiger partial charge in [0.05, 0.1) is 6.54 Å². The van der Waals surface area contributed by atoms with Crippen molar-refractivity contribution in [2.24, 2.45) is 4.99 Å². The Morgan fingerprint density at radius 2 is 2.08 bits per heavy atom. The molecule has 24 heavy (non-hydrogen) atoms. The molecule has 3 saturated heterocycles. The van der Waals surface area contributed by atoms with Crippen molar-refractivity contribution < 1.29 is 0 Å². The van der Waals surface area contributed by atoms with Crippen LogP contribution >= 0.6 is 0 Å². The predicted molar refractivity (Wildman–Crippen MR) is 95.2 cm³/mol. The quantitative estimate of drug-likeness (QED) is 0.512. The molecule has 0 saturated carbocycles. The molecule has 8 nitrogen and oxygen atoms in total. The summed E-state index contributed by atoms with van der Waals surface area (Å²) in [5.41, 5.74) is 0. The molecule has 2 N–H and O–H groups in total. The van der Waals surface area contributed by atoms with Gasteiger partial charge in [-0.3, -0.25) is 14.8 Å². The van der Waals surface area contributed by atoms with Crippen molar-refractivity contribution in [3.8, 4) is 0 Å². The van der Waals surface area contributed by atoms with Gasteiger partial charge in [-0.1, -0.05) is 6.92 Å². The lowest BCUT2D eigenvalue weighted by atomic mass is 10.1. The minimum atomic E-state index is 0.562. The molecule has 1 aromatic rings. The molecular formula is C16H30N8. The number of nitrogens with one attached hydrogen (secondary N) is 2. The Hall–Kier alpha value is -1.67.